The van der Waals surface area contributed by atoms with E-state index in [9.17, 15) is 9.90 Å². The summed E-state index contributed by atoms with van der Waals surface area (Å²) in [6, 6.07) is 4.83. The Morgan fingerprint density at radius 2 is 1.77 bits per heavy atom. The molecular formula is C16H13ClO5. The number of aromatic hydroxyl groups is 1. The summed E-state index contributed by atoms with van der Waals surface area (Å²) in [4.78, 5) is 12.7. The molecule has 1 heterocycles. The van der Waals surface area contributed by atoms with E-state index in [1.165, 1.54) is 20.3 Å². The quantitative estimate of drug-likeness (QED) is 0.730. The van der Waals surface area contributed by atoms with E-state index in [4.69, 9.17) is 25.5 Å². The fourth-order valence-corrected chi connectivity index (χ4v) is 2.73. The average Bonchev–Trinajstić information content (AvgIpc) is 2.49. The number of aryl methyl sites for hydroxylation is 1. The summed E-state index contributed by atoms with van der Waals surface area (Å²) in [5.41, 5.74) is 0.914. The highest BCUT2D eigenvalue weighted by Gasteiger charge is 2.19. The first-order valence-electron chi connectivity index (χ1n) is 6.48. The Kier molecular flexibility index (Phi) is 3.37. The molecule has 3 rings (SSSR count). The van der Waals surface area contributed by atoms with Crippen molar-refractivity contribution in [2.75, 3.05) is 14.2 Å². The minimum absolute atomic E-state index is 0.0205. The molecule has 0 saturated heterocycles. The third-order valence-corrected chi connectivity index (χ3v) is 3.94. The van der Waals surface area contributed by atoms with E-state index < -0.39 is 0 Å². The summed E-state index contributed by atoms with van der Waals surface area (Å²) in [5, 5.41) is 10.6. The Morgan fingerprint density at radius 3 is 2.41 bits per heavy atom. The molecule has 5 nitrogen and oxygen atoms in total. The Labute approximate surface area is 130 Å². The summed E-state index contributed by atoms with van der Waals surface area (Å²) in [5.74, 6) is 0.466. The van der Waals surface area contributed by atoms with Crippen LogP contribution in [-0.4, -0.2) is 19.3 Å². The van der Waals surface area contributed by atoms with E-state index in [-0.39, 0.29) is 32.9 Å². The molecular weight excluding hydrogens is 308 g/mol. The normalized spacial score (nSPS) is 11.1. The fraction of sp³-hybridized carbons (Fsp3) is 0.188. The van der Waals surface area contributed by atoms with Crippen LogP contribution >= 0.6 is 11.6 Å². The van der Waals surface area contributed by atoms with Crippen LogP contribution in [0.1, 0.15) is 5.56 Å². The summed E-state index contributed by atoms with van der Waals surface area (Å²) in [6.45, 7) is 1.77. The smallest absolute Gasteiger partial charge is 0.204 e. The molecule has 6 heteroatoms. The zero-order valence-electron chi connectivity index (χ0n) is 12.2. The minimum Gasteiger partial charge on any atom is -0.505 e. The minimum atomic E-state index is -0.349. The van der Waals surface area contributed by atoms with Crippen LogP contribution in [0.25, 0.3) is 21.9 Å². The maximum absolute atomic E-state index is 12.7. The van der Waals surface area contributed by atoms with Crippen LogP contribution in [0, 0.1) is 6.92 Å². The van der Waals surface area contributed by atoms with Gasteiger partial charge in [-0.05, 0) is 18.6 Å². The van der Waals surface area contributed by atoms with Crippen LogP contribution < -0.4 is 14.9 Å². The molecule has 1 N–H and O–H groups in total. The van der Waals surface area contributed by atoms with Gasteiger partial charge in [0.1, 0.15) is 33.1 Å². The molecule has 0 atom stereocenters. The van der Waals surface area contributed by atoms with Gasteiger partial charge in [-0.2, -0.15) is 0 Å². The van der Waals surface area contributed by atoms with Gasteiger partial charge < -0.3 is 19.0 Å². The number of methoxy groups -OCH3 is 2. The molecule has 3 aromatic rings. The number of benzene rings is 2. The van der Waals surface area contributed by atoms with Gasteiger partial charge in [0, 0.05) is 12.1 Å². The van der Waals surface area contributed by atoms with Gasteiger partial charge in [0.15, 0.2) is 5.75 Å². The first-order chi connectivity index (χ1) is 10.5. The van der Waals surface area contributed by atoms with Crippen LogP contribution in [0.4, 0.5) is 0 Å². The van der Waals surface area contributed by atoms with Crippen molar-refractivity contribution in [1.82, 2.24) is 0 Å². The van der Waals surface area contributed by atoms with Crippen LogP contribution in [0.5, 0.6) is 17.2 Å². The van der Waals surface area contributed by atoms with Crippen molar-refractivity contribution in [1.29, 1.82) is 0 Å². The van der Waals surface area contributed by atoms with Gasteiger partial charge in [0.05, 0.1) is 19.6 Å². The van der Waals surface area contributed by atoms with Gasteiger partial charge in [-0.3, -0.25) is 4.79 Å². The van der Waals surface area contributed by atoms with Crippen molar-refractivity contribution >= 4 is 33.5 Å². The van der Waals surface area contributed by atoms with Crippen molar-refractivity contribution in [2.45, 2.75) is 6.92 Å². The van der Waals surface area contributed by atoms with Crippen molar-refractivity contribution < 1.29 is 19.0 Å². The van der Waals surface area contributed by atoms with Crippen LogP contribution in [-0.2, 0) is 0 Å². The molecule has 0 aliphatic rings. The third kappa shape index (κ3) is 1.97. The average molecular weight is 321 g/mol. The van der Waals surface area contributed by atoms with Crippen molar-refractivity contribution in [3.63, 3.8) is 0 Å². The summed E-state index contributed by atoms with van der Waals surface area (Å²) in [7, 11) is 2.95. The topological polar surface area (TPSA) is 68.9 Å². The maximum atomic E-state index is 12.7. The molecule has 114 valence electrons. The number of rotatable bonds is 2. The standard InChI is InChI=1S/C16H13ClO5/c1-7-4-8(20-2)5-9-12(7)15(18)13-10(22-9)6-11(21-3)14(17)16(13)19/h4-6,19H,1-3H3. The Morgan fingerprint density at radius 1 is 1.09 bits per heavy atom. The lowest BCUT2D eigenvalue weighted by molar-refractivity contribution is 0.408. The van der Waals surface area contributed by atoms with Crippen molar-refractivity contribution in [3.8, 4) is 17.2 Å². The molecule has 0 aliphatic heterocycles. The largest absolute Gasteiger partial charge is 0.505 e. The van der Waals surface area contributed by atoms with E-state index in [2.05, 4.69) is 0 Å². The summed E-state index contributed by atoms with van der Waals surface area (Å²) in [6.07, 6.45) is 0. The summed E-state index contributed by atoms with van der Waals surface area (Å²) >= 11 is 6.01. The molecule has 0 amide bonds. The van der Waals surface area contributed by atoms with E-state index in [1.807, 2.05) is 0 Å². The first kappa shape index (κ1) is 14.5. The second kappa shape index (κ2) is 5.10. The lowest BCUT2D eigenvalue weighted by Gasteiger charge is -2.10. The number of phenolic OH excluding ortho intramolecular Hbond substituents is 1. The predicted molar refractivity (Wildman–Crippen MR) is 84.5 cm³/mol. The molecule has 22 heavy (non-hydrogen) atoms. The number of fused-ring (bicyclic) bond motifs is 2. The predicted octanol–water partition coefficient (Wildman–Crippen LogP) is 3.63. The fourth-order valence-electron chi connectivity index (χ4n) is 2.50. The third-order valence-electron chi connectivity index (χ3n) is 3.57. The molecule has 1 aromatic heterocycles. The zero-order valence-corrected chi connectivity index (χ0v) is 12.9. The first-order valence-corrected chi connectivity index (χ1v) is 6.86. The number of phenols is 1. The molecule has 2 aromatic carbocycles. The highest BCUT2D eigenvalue weighted by atomic mass is 35.5. The highest BCUT2D eigenvalue weighted by molar-refractivity contribution is 6.34. The Hall–Kier alpha value is -2.40. The number of hydrogen-bond acceptors (Lipinski definition) is 5. The Bertz CT molecular complexity index is 959. The number of hydrogen-bond donors (Lipinski definition) is 1. The molecule has 0 spiro atoms. The summed E-state index contributed by atoms with van der Waals surface area (Å²) < 4.78 is 16.0. The van der Waals surface area contributed by atoms with Gasteiger partial charge in [-0.1, -0.05) is 11.6 Å². The molecule has 0 aliphatic carbocycles. The zero-order chi connectivity index (χ0) is 16.0. The van der Waals surface area contributed by atoms with Gasteiger partial charge in [-0.25, -0.2) is 0 Å². The molecule has 0 bridgehead atoms. The Balaban J connectivity index is 2.55. The second-order valence-corrected chi connectivity index (χ2v) is 5.24. The number of ether oxygens (including phenoxy) is 2. The van der Waals surface area contributed by atoms with Gasteiger partial charge in [0.2, 0.25) is 5.43 Å². The van der Waals surface area contributed by atoms with Gasteiger partial charge >= 0.3 is 0 Å². The lowest BCUT2D eigenvalue weighted by Crippen LogP contribution is -2.05. The van der Waals surface area contributed by atoms with Crippen LogP contribution in [0.2, 0.25) is 5.02 Å². The SMILES string of the molecule is COc1cc(C)c2c(=O)c3c(O)c(Cl)c(OC)cc3oc2c1. The number of halogens is 1. The van der Waals surface area contributed by atoms with Crippen molar-refractivity contribution in [2.24, 2.45) is 0 Å². The maximum Gasteiger partial charge on any atom is 0.204 e. The van der Waals surface area contributed by atoms with Gasteiger partial charge in [0.25, 0.3) is 0 Å². The molecule has 0 saturated carbocycles. The monoisotopic (exact) mass is 320 g/mol. The molecule has 0 fully saturated rings. The van der Waals surface area contributed by atoms with Crippen LogP contribution in [0.3, 0.4) is 0 Å². The van der Waals surface area contributed by atoms with Gasteiger partial charge in [-0.15, -0.1) is 0 Å². The van der Waals surface area contributed by atoms with E-state index >= 15 is 0 Å². The highest BCUT2D eigenvalue weighted by Crippen LogP contribution is 2.40. The molecule has 0 radical (unpaired) electrons. The lowest BCUT2D eigenvalue weighted by atomic mass is 10.1. The van der Waals surface area contributed by atoms with E-state index in [1.54, 1.807) is 19.1 Å². The molecule has 0 unspecified atom stereocenters. The van der Waals surface area contributed by atoms with Crippen LogP contribution in [0.15, 0.2) is 27.4 Å². The van der Waals surface area contributed by atoms with Crippen molar-refractivity contribution in [3.05, 3.63) is 39.0 Å². The van der Waals surface area contributed by atoms with E-state index in [0.29, 0.717) is 22.3 Å². The van der Waals surface area contributed by atoms with E-state index in [0.717, 1.165) is 0 Å². The second-order valence-electron chi connectivity index (χ2n) is 4.86.